The Morgan fingerprint density at radius 2 is 1.98 bits per heavy atom. The molecule has 0 spiro atoms. The first-order valence-electron chi connectivity index (χ1n) is 13.5. The number of carbonyl (C=O) groups excluding carboxylic acids is 2. The number of aliphatic carboxylic acids is 1. The van der Waals surface area contributed by atoms with Crippen molar-refractivity contribution >= 4 is 79.4 Å². The second-order valence-electron chi connectivity index (χ2n) is 10.4. The van der Waals surface area contributed by atoms with Crippen molar-refractivity contribution in [3.05, 3.63) is 79.0 Å². The summed E-state index contributed by atoms with van der Waals surface area (Å²) in [4.78, 5) is 44.8. The first kappa shape index (κ1) is 30.4. The largest absolute Gasteiger partial charge is 0.481 e. The summed E-state index contributed by atoms with van der Waals surface area (Å²) in [5.74, 6) is -1.32. The van der Waals surface area contributed by atoms with Gasteiger partial charge in [-0.1, -0.05) is 41.4 Å². The number of rotatable bonds is 10. The fourth-order valence-corrected chi connectivity index (χ4v) is 7.49. The quantitative estimate of drug-likeness (QED) is 0.188. The van der Waals surface area contributed by atoms with E-state index >= 15 is 0 Å². The molecule has 0 saturated carbocycles. The van der Waals surface area contributed by atoms with Crippen LogP contribution < -0.4 is 5.32 Å². The van der Waals surface area contributed by atoms with E-state index in [1.807, 2.05) is 43.5 Å². The van der Waals surface area contributed by atoms with E-state index in [-0.39, 0.29) is 47.9 Å². The Balaban J connectivity index is 1.32. The fourth-order valence-electron chi connectivity index (χ4n) is 5.04. The molecule has 0 radical (unpaired) electrons. The molecule has 1 aliphatic heterocycles. The number of hydrogen-bond acceptors (Lipinski definition) is 7. The van der Waals surface area contributed by atoms with Crippen LogP contribution in [0.4, 0.5) is 5.69 Å². The number of carboxylic acids is 1. The molecule has 220 valence electrons. The monoisotopic (exact) mass is 645 g/mol. The van der Waals surface area contributed by atoms with Crippen molar-refractivity contribution in [2.24, 2.45) is 0 Å². The number of benzene rings is 2. The number of nitrogens with one attached hydrogen (secondary N) is 1. The van der Waals surface area contributed by atoms with E-state index < -0.39 is 5.97 Å². The zero-order valence-electron chi connectivity index (χ0n) is 22.9. The molecule has 5 rings (SSSR count). The van der Waals surface area contributed by atoms with Gasteiger partial charge in [-0.3, -0.25) is 14.4 Å². The third-order valence-electron chi connectivity index (χ3n) is 6.94. The number of aryl methyl sites for hydroxylation is 1. The Hall–Kier alpha value is -3.02. The normalized spacial score (nSPS) is 16.8. The number of thiazole rings is 1. The molecule has 2 amide bonds. The Morgan fingerprint density at radius 1 is 1.19 bits per heavy atom. The lowest BCUT2D eigenvalue weighted by Crippen LogP contribution is -2.33. The van der Waals surface area contributed by atoms with Crippen LogP contribution in [0.25, 0.3) is 10.1 Å². The average molecular weight is 647 g/mol. The molecule has 2 N–H and O–H groups in total. The number of aromatic nitrogens is 1. The maximum atomic E-state index is 13.7. The summed E-state index contributed by atoms with van der Waals surface area (Å²) in [7, 11) is 0. The number of anilines is 1. The van der Waals surface area contributed by atoms with E-state index in [1.165, 1.54) is 22.7 Å². The lowest BCUT2D eigenvalue weighted by Gasteiger charge is -2.23. The zero-order valence-corrected chi connectivity index (χ0v) is 26.1. The van der Waals surface area contributed by atoms with Gasteiger partial charge in [0.2, 0.25) is 5.91 Å². The molecule has 1 aliphatic rings. The highest BCUT2D eigenvalue weighted by Gasteiger charge is 2.39. The van der Waals surface area contributed by atoms with Crippen LogP contribution in [0, 0.1) is 0 Å². The number of carboxylic acid groups (broad SMARTS) is 1. The summed E-state index contributed by atoms with van der Waals surface area (Å²) in [5, 5.41) is 15.9. The predicted molar refractivity (Wildman–Crippen MR) is 167 cm³/mol. The van der Waals surface area contributed by atoms with Gasteiger partial charge in [-0.25, -0.2) is 4.98 Å². The van der Waals surface area contributed by atoms with E-state index in [1.54, 1.807) is 23.2 Å². The highest BCUT2D eigenvalue weighted by Crippen LogP contribution is 2.38. The van der Waals surface area contributed by atoms with Crippen LogP contribution >= 0.6 is 45.9 Å². The molecule has 2 atom stereocenters. The van der Waals surface area contributed by atoms with Gasteiger partial charge in [0.15, 0.2) is 0 Å². The minimum atomic E-state index is -0.867. The van der Waals surface area contributed by atoms with Crippen LogP contribution in [-0.2, 0) is 27.2 Å². The molecule has 8 nitrogen and oxygen atoms in total. The predicted octanol–water partition coefficient (Wildman–Crippen LogP) is 7.24. The first-order chi connectivity index (χ1) is 20.1. The highest BCUT2D eigenvalue weighted by molar-refractivity contribution is 7.17. The highest BCUT2D eigenvalue weighted by atomic mass is 35.5. The van der Waals surface area contributed by atoms with Gasteiger partial charge in [0.1, 0.15) is 5.01 Å². The lowest BCUT2D eigenvalue weighted by atomic mass is 10.1. The maximum absolute atomic E-state index is 13.7. The van der Waals surface area contributed by atoms with Gasteiger partial charge in [0.05, 0.1) is 47.4 Å². The summed E-state index contributed by atoms with van der Waals surface area (Å²) >= 11 is 16.1. The molecule has 0 bridgehead atoms. The van der Waals surface area contributed by atoms with Crippen molar-refractivity contribution in [2.45, 2.75) is 57.8 Å². The summed E-state index contributed by atoms with van der Waals surface area (Å²) in [6.07, 6.45) is 2.53. The van der Waals surface area contributed by atoms with Gasteiger partial charge in [-0.2, -0.15) is 0 Å². The molecule has 42 heavy (non-hydrogen) atoms. The van der Waals surface area contributed by atoms with Crippen molar-refractivity contribution in [3.8, 4) is 0 Å². The van der Waals surface area contributed by atoms with Crippen LogP contribution in [0.2, 0.25) is 10.0 Å². The molecule has 1 saturated heterocycles. The summed E-state index contributed by atoms with van der Waals surface area (Å²) < 4.78 is 7.06. The number of likely N-dealkylation sites (tertiary alicyclic amines) is 1. The van der Waals surface area contributed by atoms with Gasteiger partial charge in [-0.05, 0) is 44.0 Å². The van der Waals surface area contributed by atoms with Crippen molar-refractivity contribution in [1.82, 2.24) is 9.88 Å². The van der Waals surface area contributed by atoms with Gasteiger partial charge >= 0.3 is 5.97 Å². The Kier molecular flexibility index (Phi) is 9.49. The molecule has 2 aromatic heterocycles. The Bertz CT molecular complexity index is 1640. The first-order valence-corrected chi connectivity index (χ1v) is 15.9. The zero-order chi connectivity index (χ0) is 30.0. The number of fused-ring (bicyclic) bond motifs is 1. The molecular formula is C30H29Cl2N3O5S2. The number of halogens is 2. The SMILES string of the molecule is CC(C)O[C@H]1C[C@@H](c2ncc(CCC(=O)O)s2)N(C(=O)Cc2cc(Cl)c(NC(=O)c3csc4ccccc34)cc2Cl)C1. The molecular weight excluding hydrogens is 617 g/mol. The van der Waals surface area contributed by atoms with Gasteiger partial charge < -0.3 is 20.1 Å². The van der Waals surface area contributed by atoms with Crippen molar-refractivity contribution < 1.29 is 24.2 Å². The second-order valence-corrected chi connectivity index (χ2v) is 13.2. The van der Waals surface area contributed by atoms with Crippen molar-refractivity contribution in [3.63, 3.8) is 0 Å². The maximum Gasteiger partial charge on any atom is 0.303 e. The Morgan fingerprint density at radius 3 is 2.74 bits per heavy atom. The summed E-state index contributed by atoms with van der Waals surface area (Å²) in [6.45, 7) is 4.31. The van der Waals surface area contributed by atoms with Gasteiger partial charge in [0.25, 0.3) is 5.91 Å². The number of nitrogens with zero attached hydrogens (tertiary/aromatic N) is 2. The van der Waals surface area contributed by atoms with Gasteiger partial charge in [0, 0.05) is 44.5 Å². The van der Waals surface area contributed by atoms with Crippen molar-refractivity contribution in [2.75, 3.05) is 11.9 Å². The van der Waals surface area contributed by atoms with Crippen LogP contribution in [0.3, 0.4) is 0 Å². The third-order valence-corrected chi connectivity index (χ3v) is 9.73. The van der Waals surface area contributed by atoms with E-state index in [0.29, 0.717) is 41.2 Å². The molecule has 0 unspecified atom stereocenters. The number of thiophene rings is 1. The number of ether oxygens (including phenoxy) is 1. The third kappa shape index (κ3) is 6.95. The molecule has 4 aromatic rings. The summed E-state index contributed by atoms with van der Waals surface area (Å²) in [6, 6.07) is 10.6. The van der Waals surface area contributed by atoms with Gasteiger partial charge in [-0.15, -0.1) is 22.7 Å². The average Bonchev–Trinajstić information content (AvgIpc) is 3.68. The van der Waals surface area contributed by atoms with E-state index in [2.05, 4.69) is 10.3 Å². The topological polar surface area (TPSA) is 109 Å². The molecule has 3 heterocycles. The second kappa shape index (κ2) is 13.1. The smallest absolute Gasteiger partial charge is 0.303 e. The fraction of sp³-hybridized carbons (Fsp3) is 0.333. The van der Waals surface area contributed by atoms with Crippen molar-refractivity contribution in [1.29, 1.82) is 0 Å². The standard InChI is InChI=1S/C30H29Cl2N3O5S2/c1-16(2)40-18-11-25(30-33-13-19(42-30)7-8-28(37)38)35(14-18)27(36)10-17-9-23(32)24(12-22(17)31)34-29(39)21-15-41-26-6-4-3-5-20(21)26/h3-6,9,12-13,15-16,18,25H,7-8,10-11,14H2,1-2H3,(H,34,39)(H,37,38)/t18-,25-/m0/s1. The van der Waals surface area contributed by atoms with Crippen LogP contribution in [0.1, 0.15) is 58.5 Å². The number of amides is 2. The number of hydrogen-bond donors (Lipinski definition) is 2. The van der Waals surface area contributed by atoms with E-state index in [4.69, 9.17) is 33.0 Å². The lowest BCUT2D eigenvalue weighted by molar-refractivity contribution is -0.137. The van der Waals surface area contributed by atoms with E-state index in [0.717, 1.165) is 20.0 Å². The molecule has 2 aromatic carbocycles. The van der Waals surface area contributed by atoms with Crippen LogP contribution in [0.15, 0.2) is 48.0 Å². The summed E-state index contributed by atoms with van der Waals surface area (Å²) in [5.41, 5.74) is 1.45. The number of carbonyl (C=O) groups is 3. The minimum absolute atomic E-state index is 0.00352. The van der Waals surface area contributed by atoms with Crippen LogP contribution in [-0.4, -0.2) is 51.5 Å². The minimum Gasteiger partial charge on any atom is -0.481 e. The molecule has 0 aliphatic carbocycles. The van der Waals surface area contributed by atoms with Crippen LogP contribution in [0.5, 0.6) is 0 Å². The molecule has 12 heteroatoms. The Labute approximate surface area is 261 Å². The van der Waals surface area contributed by atoms with E-state index in [9.17, 15) is 14.4 Å². The molecule has 1 fully saturated rings.